The second kappa shape index (κ2) is 10.8. The molecule has 2 heteroatoms. The molecule has 0 atom stereocenters. The first-order valence-electron chi connectivity index (χ1n) is 15.1. The molecule has 0 fully saturated rings. The van der Waals surface area contributed by atoms with Crippen molar-refractivity contribution in [2.24, 2.45) is 0 Å². The highest BCUT2D eigenvalue weighted by Gasteiger charge is 2.14. The van der Waals surface area contributed by atoms with E-state index < -0.39 is 0 Å². The number of nitrogens with zero attached hydrogens (tertiary/aromatic N) is 2. The van der Waals surface area contributed by atoms with Crippen LogP contribution in [-0.2, 0) is 0 Å². The highest BCUT2D eigenvalue weighted by atomic mass is 15.1. The molecule has 1 aromatic heterocycles. The normalized spacial score (nSPS) is 12.2. The number of hydrogen-bond donors (Lipinski definition) is 0. The Morgan fingerprint density at radius 1 is 0.614 bits per heavy atom. The summed E-state index contributed by atoms with van der Waals surface area (Å²) in [5.74, 6) is 0.945. The molecule has 0 radical (unpaired) electrons. The van der Waals surface area contributed by atoms with E-state index in [1.54, 1.807) is 0 Å². The number of allylic oxidation sites excluding steroid dienone is 3. The maximum atomic E-state index is 5.00. The van der Waals surface area contributed by atoms with Crippen molar-refractivity contribution in [3.63, 3.8) is 0 Å². The highest BCUT2D eigenvalue weighted by molar-refractivity contribution is 6.20. The average Bonchev–Trinajstić information content (AvgIpc) is 3.48. The SMILES string of the molecule is CC=C(/C=C\c1cc2ccccc2c2ccc3ccccc3c12)c1ccc(-n2c(-c3ccccc3)nc3ccccc32)cc1. The molecule has 1 heterocycles. The summed E-state index contributed by atoms with van der Waals surface area (Å²) in [6.07, 6.45) is 6.72. The Hall–Kier alpha value is -5.73. The zero-order valence-corrected chi connectivity index (χ0v) is 24.5. The topological polar surface area (TPSA) is 17.8 Å². The van der Waals surface area contributed by atoms with Crippen LogP contribution in [0.1, 0.15) is 18.1 Å². The van der Waals surface area contributed by atoms with E-state index in [-0.39, 0.29) is 0 Å². The first kappa shape index (κ1) is 25.9. The smallest absolute Gasteiger partial charge is 0.145 e. The lowest BCUT2D eigenvalue weighted by atomic mass is 9.92. The van der Waals surface area contributed by atoms with Crippen LogP contribution in [0.5, 0.6) is 0 Å². The minimum Gasteiger partial charge on any atom is -0.292 e. The molecule has 2 nitrogen and oxygen atoms in total. The molecule has 0 aliphatic heterocycles. The third-order valence-electron chi connectivity index (χ3n) is 8.58. The number of aromatic nitrogens is 2. The molecular weight excluding hydrogens is 532 g/mol. The molecule has 0 saturated heterocycles. The highest BCUT2D eigenvalue weighted by Crippen LogP contribution is 2.36. The molecule has 208 valence electrons. The largest absolute Gasteiger partial charge is 0.292 e. The van der Waals surface area contributed by atoms with E-state index in [1.165, 1.54) is 49.0 Å². The first-order chi connectivity index (χ1) is 21.8. The molecule has 0 N–H and O–H groups in total. The number of imidazole rings is 1. The van der Waals surface area contributed by atoms with Gasteiger partial charge in [-0.05, 0) is 86.3 Å². The van der Waals surface area contributed by atoms with Crippen LogP contribution in [-0.4, -0.2) is 9.55 Å². The standard InChI is InChI=1S/C42H30N2/c1-2-29(20-21-34-28-33-15-7-8-16-36(33)38-27-24-31-12-6-9-17-37(31)41(34)38)30-22-25-35(26-23-30)44-40-19-11-10-18-39(40)43-42(44)32-13-4-3-5-14-32/h2-28H,1H3/b21-20-,29-2?. The van der Waals surface area contributed by atoms with Crippen LogP contribution in [0.4, 0.5) is 0 Å². The van der Waals surface area contributed by atoms with Gasteiger partial charge in [0.15, 0.2) is 0 Å². The summed E-state index contributed by atoms with van der Waals surface area (Å²) in [5.41, 5.74) is 7.85. The number of rotatable bonds is 5. The van der Waals surface area contributed by atoms with Gasteiger partial charge in [0, 0.05) is 11.3 Å². The average molecular weight is 563 g/mol. The molecule has 8 rings (SSSR count). The lowest BCUT2D eigenvalue weighted by molar-refractivity contribution is 1.10. The molecule has 0 aliphatic carbocycles. The Balaban J connectivity index is 1.21. The summed E-state index contributed by atoms with van der Waals surface area (Å²) >= 11 is 0. The van der Waals surface area contributed by atoms with Crippen molar-refractivity contribution >= 4 is 55.0 Å². The number of benzene rings is 7. The number of fused-ring (bicyclic) bond motifs is 6. The van der Waals surface area contributed by atoms with Gasteiger partial charge in [0.1, 0.15) is 5.82 Å². The van der Waals surface area contributed by atoms with Crippen LogP contribution in [0.3, 0.4) is 0 Å². The predicted molar refractivity (Wildman–Crippen MR) is 188 cm³/mol. The van der Waals surface area contributed by atoms with Crippen LogP contribution in [0.2, 0.25) is 0 Å². The summed E-state index contributed by atoms with van der Waals surface area (Å²) in [6, 6.07) is 51.8. The van der Waals surface area contributed by atoms with Gasteiger partial charge in [-0.15, -0.1) is 0 Å². The van der Waals surface area contributed by atoms with Gasteiger partial charge < -0.3 is 0 Å². The van der Waals surface area contributed by atoms with Gasteiger partial charge in [-0.25, -0.2) is 4.98 Å². The fraction of sp³-hybridized carbons (Fsp3) is 0.0238. The van der Waals surface area contributed by atoms with Crippen LogP contribution < -0.4 is 0 Å². The molecule has 0 spiro atoms. The third kappa shape index (κ3) is 4.40. The van der Waals surface area contributed by atoms with Crippen LogP contribution in [0, 0.1) is 0 Å². The predicted octanol–water partition coefficient (Wildman–Crippen LogP) is 11.3. The van der Waals surface area contributed by atoms with E-state index in [4.69, 9.17) is 4.98 Å². The summed E-state index contributed by atoms with van der Waals surface area (Å²) in [4.78, 5) is 5.00. The molecule has 7 aromatic carbocycles. The molecule has 0 aliphatic rings. The second-order valence-corrected chi connectivity index (χ2v) is 11.1. The van der Waals surface area contributed by atoms with Crippen LogP contribution in [0.15, 0.2) is 158 Å². The van der Waals surface area contributed by atoms with Crippen molar-refractivity contribution in [2.75, 3.05) is 0 Å². The van der Waals surface area contributed by atoms with E-state index in [9.17, 15) is 0 Å². The second-order valence-electron chi connectivity index (χ2n) is 11.1. The zero-order chi connectivity index (χ0) is 29.5. The molecule has 44 heavy (non-hydrogen) atoms. The monoisotopic (exact) mass is 562 g/mol. The Kier molecular flexibility index (Phi) is 6.39. The molecule has 0 bridgehead atoms. The van der Waals surface area contributed by atoms with Gasteiger partial charge in [0.2, 0.25) is 0 Å². The van der Waals surface area contributed by atoms with Crippen LogP contribution >= 0.6 is 0 Å². The summed E-state index contributed by atoms with van der Waals surface area (Å²) in [6.45, 7) is 2.11. The van der Waals surface area contributed by atoms with Gasteiger partial charge in [-0.2, -0.15) is 0 Å². The lowest BCUT2D eigenvalue weighted by Gasteiger charge is -2.12. The molecular formula is C42H30N2. The summed E-state index contributed by atoms with van der Waals surface area (Å²) in [5, 5.41) is 7.66. The van der Waals surface area contributed by atoms with Gasteiger partial charge >= 0.3 is 0 Å². The van der Waals surface area contributed by atoms with Gasteiger partial charge in [0.25, 0.3) is 0 Å². The van der Waals surface area contributed by atoms with E-state index >= 15 is 0 Å². The van der Waals surface area contributed by atoms with Crippen molar-refractivity contribution in [1.82, 2.24) is 9.55 Å². The quantitative estimate of drug-likeness (QED) is 0.151. The maximum Gasteiger partial charge on any atom is 0.145 e. The Bertz CT molecular complexity index is 2370. The van der Waals surface area contributed by atoms with Gasteiger partial charge in [-0.3, -0.25) is 4.57 Å². The first-order valence-corrected chi connectivity index (χ1v) is 15.1. The molecule has 0 saturated carbocycles. The number of hydrogen-bond acceptors (Lipinski definition) is 1. The van der Waals surface area contributed by atoms with E-state index in [0.717, 1.165) is 28.1 Å². The molecule has 0 unspecified atom stereocenters. The molecule has 0 amide bonds. The number of para-hydroxylation sites is 2. The van der Waals surface area contributed by atoms with Crippen molar-refractivity contribution < 1.29 is 0 Å². The van der Waals surface area contributed by atoms with Crippen molar-refractivity contribution in [3.8, 4) is 17.1 Å². The van der Waals surface area contributed by atoms with E-state index in [2.05, 4.69) is 163 Å². The zero-order valence-electron chi connectivity index (χ0n) is 24.5. The Morgan fingerprint density at radius 2 is 1.32 bits per heavy atom. The van der Waals surface area contributed by atoms with Crippen molar-refractivity contribution in [2.45, 2.75) is 6.92 Å². The Labute approximate surface area is 256 Å². The van der Waals surface area contributed by atoms with Crippen molar-refractivity contribution in [3.05, 3.63) is 169 Å². The van der Waals surface area contributed by atoms with E-state index in [0.29, 0.717) is 0 Å². The fourth-order valence-electron chi connectivity index (χ4n) is 6.46. The lowest BCUT2D eigenvalue weighted by Crippen LogP contribution is -1.97. The molecule has 8 aromatic rings. The maximum absolute atomic E-state index is 5.00. The summed E-state index contributed by atoms with van der Waals surface area (Å²) in [7, 11) is 0. The van der Waals surface area contributed by atoms with E-state index in [1.807, 2.05) is 12.1 Å². The minimum absolute atomic E-state index is 0.945. The Morgan fingerprint density at radius 3 is 2.14 bits per heavy atom. The minimum atomic E-state index is 0.945. The third-order valence-corrected chi connectivity index (χ3v) is 8.58. The summed E-state index contributed by atoms with van der Waals surface area (Å²) < 4.78 is 2.26. The van der Waals surface area contributed by atoms with Gasteiger partial charge in [0.05, 0.1) is 11.0 Å². The fourth-order valence-corrected chi connectivity index (χ4v) is 6.46. The van der Waals surface area contributed by atoms with Crippen LogP contribution in [0.25, 0.3) is 72.1 Å². The van der Waals surface area contributed by atoms with Gasteiger partial charge in [-0.1, -0.05) is 133 Å². The van der Waals surface area contributed by atoms with Crippen molar-refractivity contribution in [1.29, 1.82) is 0 Å².